The van der Waals surface area contributed by atoms with Gasteiger partial charge in [-0.25, -0.2) is 14.7 Å². The molecular weight excluding hydrogens is 224 g/mol. The quantitative estimate of drug-likeness (QED) is 0.760. The molecule has 1 aliphatic heterocycles. The number of pyridine rings is 1. The first-order valence-corrected chi connectivity index (χ1v) is 5.07. The van der Waals surface area contributed by atoms with Gasteiger partial charge in [-0.2, -0.15) is 0 Å². The van der Waals surface area contributed by atoms with Crippen molar-refractivity contribution in [2.45, 2.75) is 13.3 Å². The minimum atomic E-state index is -1.10. The zero-order valence-electron chi connectivity index (χ0n) is 9.08. The average Bonchev–Trinajstić information content (AvgIpc) is 2.53. The van der Waals surface area contributed by atoms with E-state index in [4.69, 9.17) is 5.11 Å². The molecule has 1 unspecified atom stereocenters. The van der Waals surface area contributed by atoms with Crippen LogP contribution in [0.15, 0.2) is 18.3 Å². The number of hydrogen-bond acceptors (Lipinski definition) is 4. The maximum absolute atomic E-state index is 11.7. The molecule has 0 aromatic carbocycles. The largest absolute Gasteiger partial charge is 0.478 e. The normalized spacial score (nSPS) is 19.8. The predicted molar refractivity (Wildman–Crippen MR) is 57.5 cm³/mol. The Morgan fingerprint density at radius 2 is 2.18 bits per heavy atom. The minimum absolute atomic E-state index is 0.0147. The Labute approximate surface area is 96.9 Å². The number of nitrogens with zero attached hydrogens (tertiary/aromatic N) is 2. The van der Waals surface area contributed by atoms with Gasteiger partial charge in [-0.15, -0.1) is 0 Å². The lowest BCUT2D eigenvalue weighted by Gasteiger charge is -2.12. The van der Waals surface area contributed by atoms with Crippen molar-refractivity contribution in [3.05, 3.63) is 23.9 Å². The summed E-state index contributed by atoms with van der Waals surface area (Å²) < 4.78 is 0. The molecule has 1 N–H and O–H groups in total. The summed E-state index contributed by atoms with van der Waals surface area (Å²) in [6.45, 7) is 1.67. The van der Waals surface area contributed by atoms with Gasteiger partial charge >= 0.3 is 5.97 Å². The Balaban J connectivity index is 2.32. The number of rotatable bonds is 2. The van der Waals surface area contributed by atoms with E-state index in [1.165, 1.54) is 12.1 Å². The highest BCUT2D eigenvalue weighted by Crippen LogP contribution is 2.24. The van der Waals surface area contributed by atoms with Gasteiger partial charge in [0.15, 0.2) is 0 Å². The molecule has 0 radical (unpaired) electrons. The lowest BCUT2D eigenvalue weighted by Crippen LogP contribution is -2.30. The summed E-state index contributed by atoms with van der Waals surface area (Å²) in [5, 5.41) is 8.70. The molecule has 6 heteroatoms. The van der Waals surface area contributed by atoms with Crippen molar-refractivity contribution in [2.24, 2.45) is 5.92 Å². The fraction of sp³-hybridized carbons (Fsp3) is 0.273. The van der Waals surface area contributed by atoms with Crippen molar-refractivity contribution < 1.29 is 19.5 Å². The first-order chi connectivity index (χ1) is 8.00. The third-order valence-electron chi connectivity index (χ3n) is 2.60. The van der Waals surface area contributed by atoms with Crippen LogP contribution in [-0.4, -0.2) is 27.9 Å². The SMILES string of the molecule is CC1CC(=O)N(c2ccc(C(=O)O)cn2)C1=O. The van der Waals surface area contributed by atoms with E-state index in [1.54, 1.807) is 6.92 Å². The first-order valence-electron chi connectivity index (χ1n) is 5.07. The summed E-state index contributed by atoms with van der Waals surface area (Å²) in [7, 11) is 0. The summed E-state index contributed by atoms with van der Waals surface area (Å²) in [4.78, 5) is 38.7. The molecule has 1 aliphatic rings. The van der Waals surface area contributed by atoms with Gasteiger partial charge in [0.1, 0.15) is 5.82 Å². The second-order valence-electron chi connectivity index (χ2n) is 3.88. The Kier molecular flexibility index (Phi) is 2.63. The van der Waals surface area contributed by atoms with E-state index in [0.29, 0.717) is 0 Å². The molecule has 2 rings (SSSR count). The zero-order valence-corrected chi connectivity index (χ0v) is 9.08. The number of amides is 2. The number of aromatic carboxylic acids is 1. The molecule has 1 atom stereocenters. The third-order valence-corrected chi connectivity index (χ3v) is 2.60. The molecule has 2 amide bonds. The lowest BCUT2D eigenvalue weighted by molar-refractivity contribution is -0.122. The van der Waals surface area contributed by atoms with E-state index < -0.39 is 5.97 Å². The van der Waals surface area contributed by atoms with Gasteiger partial charge in [-0.1, -0.05) is 6.92 Å². The fourth-order valence-electron chi connectivity index (χ4n) is 1.67. The van der Waals surface area contributed by atoms with E-state index in [9.17, 15) is 14.4 Å². The zero-order chi connectivity index (χ0) is 12.6. The van der Waals surface area contributed by atoms with E-state index in [0.717, 1.165) is 11.1 Å². The van der Waals surface area contributed by atoms with Crippen molar-refractivity contribution in [3.8, 4) is 0 Å². The predicted octanol–water partition coefficient (Wildman–Crippen LogP) is 0.679. The Morgan fingerprint density at radius 3 is 2.59 bits per heavy atom. The van der Waals surface area contributed by atoms with Crippen molar-refractivity contribution in [1.82, 2.24) is 4.98 Å². The van der Waals surface area contributed by atoms with Crippen LogP contribution < -0.4 is 4.90 Å². The van der Waals surface area contributed by atoms with Crippen LogP contribution in [-0.2, 0) is 9.59 Å². The number of hydrogen-bond donors (Lipinski definition) is 1. The fourth-order valence-corrected chi connectivity index (χ4v) is 1.67. The minimum Gasteiger partial charge on any atom is -0.478 e. The van der Waals surface area contributed by atoms with E-state index in [1.807, 2.05) is 0 Å². The second-order valence-corrected chi connectivity index (χ2v) is 3.88. The second kappa shape index (κ2) is 3.97. The smallest absolute Gasteiger partial charge is 0.337 e. The number of carbonyl (C=O) groups is 3. The highest BCUT2D eigenvalue weighted by atomic mass is 16.4. The van der Waals surface area contributed by atoms with Crippen LogP contribution in [0.3, 0.4) is 0 Å². The van der Waals surface area contributed by atoms with Crippen LogP contribution in [0.5, 0.6) is 0 Å². The number of aromatic nitrogens is 1. The van der Waals surface area contributed by atoms with Crippen molar-refractivity contribution in [1.29, 1.82) is 0 Å². The molecule has 1 aromatic heterocycles. The molecule has 0 bridgehead atoms. The number of imide groups is 1. The van der Waals surface area contributed by atoms with Gasteiger partial charge in [-0.05, 0) is 12.1 Å². The summed E-state index contributed by atoms with van der Waals surface area (Å²) in [5.74, 6) is -1.88. The van der Waals surface area contributed by atoms with Gasteiger partial charge < -0.3 is 5.11 Å². The first kappa shape index (κ1) is 11.3. The van der Waals surface area contributed by atoms with Crippen LogP contribution in [0.2, 0.25) is 0 Å². The highest BCUT2D eigenvalue weighted by Gasteiger charge is 2.37. The Morgan fingerprint density at radius 1 is 1.47 bits per heavy atom. The summed E-state index contributed by atoms with van der Waals surface area (Å²) in [6.07, 6.45) is 1.29. The number of carboxylic acids is 1. The molecule has 2 heterocycles. The van der Waals surface area contributed by atoms with Gasteiger partial charge in [0, 0.05) is 18.5 Å². The summed E-state index contributed by atoms with van der Waals surface area (Å²) in [6, 6.07) is 2.67. The standard InChI is InChI=1S/C11H10N2O4/c1-6-4-9(14)13(10(6)15)8-3-2-7(5-12-8)11(16)17/h2-3,5-6H,4H2,1H3,(H,16,17). The average molecular weight is 234 g/mol. The molecule has 17 heavy (non-hydrogen) atoms. The highest BCUT2D eigenvalue weighted by molar-refractivity contribution is 6.20. The molecule has 6 nitrogen and oxygen atoms in total. The van der Waals surface area contributed by atoms with Crippen LogP contribution in [0.1, 0.15) is 23.7 Å². The van der Waals surface area contributed by atoms with Crippen LogP contribution in [0, 0.1) is 5.92 Å². The molecule has 0 saturated carbocycles. The van der Waals surface area contributed by atoms with Crippen molar-refractivity contribution in [2.75, 3.05) is 4.90 Å². The van der Waals surface area contributed by atoms with Crippen LogP contribution >= 0.6 is 0 Å². The molecule has 1 fully saturated rings. The maximum atomic E-state index is 11.7. The van der Waals surface area contributed by atoms with Crippen LogP contribution in [0.25, 0.3) is 0 Å². The summed E-state index contributed by atoms with van der Waals surface area (Å²) >= 11 is 0. The van der Waals surface area contributed by atoms with E-state index >= 15 is 0 Å². The van der Waals surface area contributed by atoms with Crippen LogP contribution in [0.4, 0.5) is 5.82 Å². The van der Waals surface area contributed by atoms with E-state index in [2.05, 4.69) is 4.98 Å². The summed E-state index contributed by atoms with van der Waals surface area (Å²) in [5.41, 5.74) is 0.0147. The molecular formula is C11H10N2O4. The maximum Gasteiger partial charge on any atom is 0.337 e. The topological polar surface area (TPSA) is 87.6 Å². The third kappa shape index (κ3) is 1.89. The Bertz CT molecular complexity index is 495. The molecule has 1 saturated heterocycles. The van der Waals surface area contributed by atoms with Gasteiger partial charge in [-0.3, -0.25) is 9.59 Å². The molecule has 1 aromatic rings. The number of carboxylic acid groups (broad SMARTS) is 1. The van der Waals surface area contributed by atoms with E-state index in [-0.39, 0.29) is 35.5 Å². The van der Waals surface area contributed by atoms with Gasteiger partial charge in [0.05, 0.1) is 5.56 Å². The van der Waals surface area contributed by atoms with Crippen molar-refractivity contribution >= 4 is 23.6 Å². The lowest BCUT2D eigenvalue weighted by atomic mass is 10.1. The Hall–Kier alpha value is -2.24. The monoisotopic (exact) mass is 234 g/mol. The van der Waals surface area contributed by atoms with Gasteiger partial charge in [0.2, 0.25) is 11.8 Å². The number of carbonyl (C=O) groups excluding carboxylic acids is 2. The molecule has 88 valence electrons. The molecule has 0 aliphatic carbocycles. The van der Waals surface area contributed by atoms with Gasteiger partial charge in [0.25, 0.3) is 0 Å². The molecule has 0 spiro atoms. The number of anilines is 1. The van der Waals surface area contributed by atoms with Crippen molar-refractivity contribution in [3.63, 3.8) is 0 Å².